The van der Waals surface area contributed by atoms with Gasteiger partial charge in [0.15, 0.2) is 6.19 Å². The van der Waals surface area contributed by atoms with Crippen LogP contribution in [-0.2, 0) is 12.8 Å². The summed E-state index contributed by atoms with van der Waals surface area (Å²) >= 11 is 0. The Balaban J connectivity index is 1.82. The Bertz CT molecular complexity index is 773. The predicted molar refractivity (Wildman–Crippen MR) is 99.2 cm³/mol. The van der Waals surface area contributed by atoms with Crippen LogP contribution in [-0.4, -0.2) is 40.5 Å². The number of nitrogens with zero attached hydrogens (tertiary/aromatic N) is 2. The summed E-state index contributed by atoms with van der Waals surface area (Å²) in [6.45, 7) is 0. The van der Waals surface area contributed by atoms with Crippen LogP contribution < -0.4 is 10.6 Å². The molecule has 134 valence electrons. The zero-order valence-electron chi connectivity index (χ0n) is 14.3. The van der Waals surface area contributed by atoms with Gasteiger partial charge in [-0.2, -0.15) is 5.26 Å². The highest BCUT2D eigenvalue weighted by Gasteiger charge is 2.36. The number of rotatable bonds is 4. The minimum atomic E-state index is -1.05. The Morgan fingerprint density at radius 2 is 1.50 bits per heavy atom. The number of hydrogen-bond acceptors (Lipinski definition) is 6. The van der Waals surface area contributed by atoms with E-state index in [9.17, 15) is 10.2 Å². The molecule has 0 saturated heterocycles. The average Bonchev–Trinajstić information content (AvgIpc) is 2.76. The second-order valence-electron chi connectivity index (χ2n) is 6.39. The van der Waals surface area contributed by atoms with E-state index in [1.807, 2.05) is 66.9 Å². The Labute approximate surface area is 152 Å². The molecule has 26 heavy (non-hydrogen) atoms. The number of benzene rings is 2. The molecule has 0 spiro atoms. The summed E-state index contributed by atoms with van der Waals surface area (Å²) in [5.74, 6) is 0.268. The minimum absolute atomic E-state index is 0.268. The lowest BCUT2D eigenvalue weighted by molar-refractivity contribution is -0.00964. The average molecular weight is 350 g/mol. The third-order valence-corrected chi connectivity index (χ3v) is 4.53. The quantitative estimate of drug-likeness (QED) is 0.486. The van der Waals surface area contributed by atoms with E-state index in [1.54, 1.807) is 0 Å². The summed E-state index contributed by atoms with van der Waals surface area (Å²) < 4.78 is 0. The summed E-state index contributed by atoms with van der Waals surface area (Å²) in [7, 11) is 0. The maximum absolute atomic E-state index is 10.7. The number of nitriles is 1. The van der Waals surface area contributed by atoms with Crippen LogP contribution in [0.25, 0.3) is 0 Å². The molecule has 4 atom stereocenters. The smallest absolute Gasteiger partial charge is 0.205 e. The second-order valence-corrected chi connectivity index (χ2v) is 6.39. The van der Waals surface area contributed by atoms with Crippen molar-refractivity contribution in [3.05, 3.63) is 71.8 Å². The van der Waals surface area contributed by atoms with Gasteiger partial charge in [0.1, 0.15) is 12.2 Å². The molecule has 0 fully saturated rings. The summed E-state index contributed by atoms with van der Waals surface area (Å²) in [6.07, 6.45) is 0.759. The SMILES string of the molecule is N#CNC1=N[C@H](Cc2ccccc2)[C@H](O)[C@@H](O)[C@@H](Cc2ccccc2)N1. The predicted octanol–water partition coefficient (Wildman–Crippen LogP) is 0.961. The van der Waals surface area contributed by atoms with Crippen molar-refractivity contribution in [1.29, 1.82) is 5.26 Å². The van der Waals surface area contributed by atoms with Crippen LogP contribution in [0.1, 0.15) is 11.1 Å². The fraction of sp³-hybridized carbons (Fsp3) is 0.300. The number of hydrogen-bond donors (Lipinski definition) is 4. The van der Waals surface area contributed by atoms with Crippen LogP contribution in [0.15, 0.2) is 65.7 Å². The van der Waals surface area contributed by atoms with Crippen molar-refractivity contribution in [1.82, 2.24) is 10.6 Å². The first kappa shape index (κ1) is 17.9. The van der Waals surface area contributed by atoms with Crippen LogP contribution in [0.4, 0.5) is 0 Å². The van der Waals surface area contributed by atoms with Crippen LogP contribution in [0.2, 0.25) is 0 Å². The summed E-state index contributed by atoms with van der Waals surface area (Å²) in [5, 5.41) is 36.0. The molecule has 0 saturated carbocycles. The Hall–Kier alpha value is -2.88. The number of aliphatic hydroxyl groups is 2. The van der Waals surface area contributed by atoms with Gasteiger partial charge in [-0.3, -0.25) is 5.32 Å². The van der Waals surface area contributed by atoms with E-state index < -0.39 is 24.3 Å². The maximum atomic E-state index is 10.7. The van der Waals surface area contributed by atoms with Gasteiger partial charge in [0.25, 0.3) is 0 Å². The minimum Gasteiger partial charge on any atom is -0.388 e. The van der Waals surface area contributed by atoms with Crippen LogP contribution >= 0.6 is 0 Å². The Morgan fingerprint density at radius 1 is 0.923 bits per heavy atom. The van der Waals surface area contributed by atoms with Crippen molar-refractivity contribution in [2.75, 3.05) is 0 Å². The molecule has 1 aliphatic rings. The topological polar surface area (TPSA) is 101 Å². The lowest BCUT2D eigenvalue weighted by atomic mass is 9.92. The molecule has 1 heterocycles. The van der Waals surface area contributed by atoms with Gasteiger partial charge in [0.2, 0.25) is 5.96 Å². The van der Waals surface area contributed by atoms with Crippen LogP contribution in [0.5, 0.6) is 0 Å². The van der Waals surface area contributed by atoms with Gasteiger partial charge in [-0.25, -0.2) is 4.99 Å². The standard InChI is InChI=1S/C20H22N4O2/c21-13-22-20-23-16(11-14-7-3-1-4-8-14)18(25)19(26)17(24-20)12-15-9-5-2-6-10-15/h1-10,16-19,25-26H,11-12H2,(H2,22,23,24)/t16-,17-,18+,19+/m1/s1. The van der Waals surface area contributed by atoms with E-state index >= 15 is 0 Å². The maximum Gasteiger partial charge on any atom is 0.205 e. The molecule has 0 aliphatic carbocycles. The normalized spacial score (nSPS) is 25.3. The van der Waals surface area contributed by atoms with Gasteiger partial charge in [-0.1, -0.05) is 60.7 Å². The van der Waals surface area contributed by atoms with E-state index in [1.165, 1.54) is 0 Å². The van der Waals surface area contributed by atoms with Gasteiger partial charge in [0, 0.05) is 0 Å². The molecule has 0 radical (unpaired) electrons. The molecule has 2 aromatic rings. The Kier molecular flexibility index (Phi) is 5.84. The molecule has 2 aromatic carbocycles. The third-order valence-electron chi connectivity index (χ3n) is 4.53. The third kappa shape index (κ3) is 4.39. The van der Waals surface area contributed by atoms with Gasteiger partial charge < -0.3 is 15.5 Å². The first-order chi connectivity index (χ1) is 12.7. The zero-order chi connectivity index (χ0) is 18.4. The van der Waals surface area contributed by atoms with Gasteiger partial charge in [-0.15, -0.1) is 0 Å². The highest BCUT2D eigenvalue weighted by Crippen LogP contribution is 2.19. The number of guanidine groups is 1. The molecule has 0 bridgehead atoms. The monoisotopic (exact) mass is 350 g/mol. The van der Waals surface area contributed by atoms with Crippen molar-refractivity contribution in [3.8, 4) is 6.19 Å². The van der Waals surface area contributed by atoms with E-state index in [0.717, 1.165) is 11.1 Å². The highest BCUT2D eigenvalue weighted by molar-refractivity contribution is 5.82. The molecular formula is C20H22N4O2. The van der Waals surface area contributed by atoms with Crippen molar-refractivity contribution < 1.29 is 10.2 Å². The summed E-state index contributed by atoms with van der Waals surface area (Å²) in [5.41, 5.74) is 2.03. The van der Waals surface area contributed by atoms with Gasteiger partial charge in [-0.05, 0) is 24.0 Å². The van der Waals surface area contributed by atoms with Crippen molar-refractivity contribution >= 4 is 5.96 Å². The molecule has 1 aliphatic heterocycles. The van der Waals surface area contributed by atoms with Crippen LogP contribution in [0, 0.1) is 11.5 Å². The van der Waals surface area contributed by atoms with Crippen molar-refractivity contribution in [2.45, 2.75) is 37.1 Å². The summed E-state index contributed by atoms with van der Waals surface area (Å²) in [4.78, 5) is 4.45. The molecule has 4 N–H and O–H groups in total. The Morgan fingerprint density at radius 3 is 2.08 bits per heavy atom. The second kappa shape index (κ2) is 8.48. The van der Waals surface area contributed by atoms with Crippen molar-refractivity contribution in [2.24, 2.45) is 4.99 Å². The number of aliphatic hydroxyl groups excluding tert-OH is 2. The van der Waals surface area contributed by atoms with Gasteiger partial charge >= 0.3 is 0 Å². The zero-order valence-corrected chi connectivity index (χ0v) is 14.3. The molecule has 6 nitrogen and oxygen atoms in total. The van der Waals surface area contributed by atoms with E-state index in [4.69, 9.17) is 5.26 Å². The first-order valence-corrected chi connectivity index (χ1v) is 8.61. The van der Waals surface area contributed by atoms with E-state index in [0.29, 0.717) is 12.8 Å². The first-order valence-electron chi connectivity index (χ1n) is 8.61. The summed E-state index contributed by atoms with van der Waals surface area (Å²) in [6, 6.07) is 18.3. The lowest BCUT2D eigenvalue weighted by Crippen LogP contribution is -2.51. The number of aliphatic imine (C=N–C) groups is 1. The molecule has 0 aromatic heterocycles. The van der Waals surface area contributed by atoms with Crippen LogP contribution in [0.3, 0.4) is 0 Å². The van der Waals surface area contributed by atoms with E-state index in [-0.39, 0.29) is 5.96 Å². The molecule has 0 amide bonds. The molecule has 0 unspecified atom stereocenters. The molecule has 6 heteroatoms. The molecular weight excluding hydrogens is 328 g/mol. The number of nitrogens with one attached hydrogen (secondary N) is 2. The molecule has 3 rings (SSSR count). The highest BCUT2D eigenvalue weighted by atomic mass is 16.3. The van der Waals surface area contributed by atoms with Gasteiger partial charge in [0.05, 0.1) is 12.1 Å². The van der Waals surface area contributed by atoms with E-state index in [2.05, 4.69) is 15.6 Å². The lowest BCUT2D eigenvalue weighted by Gasteiger charge is -2.27. The fourth-order valence-corrected chi connectivity index (χ4v) is 3.19. The van der Waals surface area contributed by atoms with Crippen molar-refractivity contribution in [3.63, 3.8) is 0 Å². The fourth-order valence-electron chi connectivity index (χ4n) is 3.19. The largest absolute Gasteiger partial charge is 0.388 e.